The number of nitrogens with one attached hydrogen (secondary N) is 2. The number of esters is 1. The summed E-state index contributed by atoms with van der Waals surface area (Å²) in [6.07, 6.45) is 1.66. The standard InChI is InChI=1S/C23H25N3O5/c1-4-5-12-31-22(29)17-8-6-7-9-19(17)25-23(30)24-15-10-11-16-18(13-15)21(28)26(14(2)3)20(16)27/h6-11,13-14H,4-5,12H2,1-3H3,(H2,24,25,30). The molecule has 0 bridgehead atoms. The van der Waals surface area contributed by atoms with E-state index < -0.39 is 12.0 Å². The second-order valence-corrected chi connectivity index (χ2v) is 7.45. The number of fused-ring (bicyclic) bond motifs is 1. The minimum Gasteiger partial charge on any atom is -0.462 e. The molecule has 8 nitrogen and oxygen atoms in total. The summed E-state index contributed by atoms with van der Waals surface area (Å²) in [5.74, 6) is -1.25. The summed E-state index contributed by atoms with van der Waals surface area (Å²) in [6.45, 7) is 5.83. The lowest BCUT2D eigenvalue weighted by molar-refractivity contribution is 0.0499. The Morgan fingerprint density at radius 1 is 1.00 bits per heavy atom. The second kappa shape index (κ2) is 9.42. The van der Waals surface area contributed by atoms with E-state index >= 15 is 0 Å². The molecule has 2 aromatic carbocycles. The summed E-state index contributed by atoms with van der Waals surface area (Å²) < 4.78 is 5.23. The monoisotopic (exact) mass is 423 g/mol. The predicted octanol–water partition coefficient (Wildman–Crippen LogP) is 4.29. The number of urea groups is 1. The van der Waals surface area contributed by atoms with Crippen LogP contribution in [0.15, 0.2) is 42.5 Å². The first-order valence-corrected chi connectivity index (χ1v) is 10.2. The number of nitrogens with zero attached hydrogens (tertiary/aromatic N) is 1. The number of benzene rings is 2. The normalized spacial score (nSPS) is 12.7. The molecule has 0 aromatic heterocycles. The van der Waals surface area contributed by atoms with Gasteiger partial charge in [0.1, 0.15) is 0 Å². The first kappa shape index (κ1) is 22.0. The SMILES string of the molecule is CCCCOC(=O)c1ccccc1NC(=O)Nc1ccc2c(c1)C(=O)N(C(C)C)C2=O. The van der Waals surface area contributed by atoms with E-state index in [2.05, 4.69) is 10.6 Å². The molecule has 0 saturated heterocycles. The van der Waals surface area contributed by atoms with Crippen molar-refractivity contribution in [3.05, 3.63) is 59.2 Å². The van der Waals surface area contributed by atoms with Crippen LogP contribution >= 0.6 is 0 Å². The summed E-state index contributed by atoms with van der Waals surface area (Å²) in [4.78, 5) is 50.9. The van der Waals surface area contributed by atoms with E-state index in [-0.39, 0.29) is 29.0 Å². The molecule has 162 valence electrons. The summed E-state index contributed by atoms with van der Waals surface area (Å²) in [5.41, 5.74) is 1.46. The molecule has 0 atom stereocenters. The van der Waals surface area contributed by atoms with Gasteiger partial charge in [-0.15, -0.1) is 0 Å². The summed E-state index contributed by atoms with van der Waals surface area (Å²) in [6, 6.07) is 10.2. The lowest BCUT2D eigenvalue weighted by Crippen LogP contribution is -2.35. The van der Waals surface area contributed by atoms with Gasteiger partial charge in [0.15, 0.2) is 0 Å². The molecule has 0 unspecified atom stereocenters. The maximum absolute atomic E-state index is 12.5. The molecule has 8 heteroatoms. The number of rotatable bonds is 7. The minimum atomic E-state index is -0.591. The Kier molecular flexibility index (Phi) is 6.69. The summed E-state index contributed by atoms with van der Waals surface area (Å²) in [7, 11) is 0. The number of hydrogen-bond donors (Lipinski definition) is 2. The van der Waals surface area contributed by atoms with Gasteiger partial charge in [0.25, 0.3) is 11.8 Å². The van der Waals surface area contributed by atoms with Crippen LogP contribution < -0.4 is 10.6 Å². The fourth-order valence-corrected chi connectivity index (χ4v) is 3.25. The first-order chi connectivity index (χ1) is 14.8. The van der Waals surface area contributed by atoms with Crippen LogP contribution in [0.5, 0.6) is 0 Å². The lowest BCUT2D eigenvalue weighted by atomic mass is 10.1. The van der Waals surface area contributed by atoms with Crippen molar-refractivity contribution >= 4 is 35.2 Å². The van der Waals surface area contributed by atoms with Crippen LogP contribution in [0.1, 0.15) is 64.7 Å². The van der Waals surface area contributed by atoms with Gasteiger partial charge in [-0.2, -0.15) is 0 Å². The summed E-state index contributed by atoms with van der Waals surface area (Å²) >= 11 is 0. The van der Waals surface area contributed by atoms with Crippen LogP contribution in [-0.4, -0.2) is 41.4 Å². The fourth-order valence-electron chi connectivity index (χ4n) is 3.25. The highest BCUT2D eigenvalue weighted by atomic mass is 16.5. The molecule has 0 fully saturated rings. The molecule has 1 aliphatic heterocycles. The Bertz CT molecular complexity index is 1030. The minimum absolute atomic E-state index is 0.246. The van der Waals surface area contributed by atoms with Crippen molar-refractivity contribution in [1.82, 2.24) is 4.90 Å². The largest absolute Gasteiger partial charge is 0.462 e. The van der Waals surface area contributed by atoms with Crippen LogP contribution in [0.2, 0.25) is 0 Å². The number of amides is 4. The van der Waals surface area contributed by atoms with Gasteiger partial charge < -0.3 is 15.4 Å². The average Bonchev–Trinajstić information content (AvgIpc) is 2.98. The van der Waals surface area contributed by atoms with Crippen molar-refractivity contribution in [2.45, 2.75) is 39.7 Å². The Morgan fingerprint density at radius 2 is 1.71 bits per heavy atom. The van der Waals surface area contributed by atoms with Crippen molar-refractivity contribution in [3.8, 4) is 0 Å². The van der Waals surface area contributed by atoms with Gasteiger partial charge in [0.2, 0.25) is 0 Å². The van der Waals surface area contributed by atoms with Crippen molar-refractivity contribution in [1.29, 1.82) is 0 Å². The smallest absolute Gasteiger partial charge is 0.340 e. The number of carbonyl (C=O) groups excluding carboxylic acids is 4. The molecule has 4 amide bonds. The molecule has 0 saturated carbocycles. The van der Waals surface area contributed by atoms with Crippen molar-refractivity contribution in [3.63, 3.8) is 0 Å². The molecular weight excluding hydrogens is 398 g/mol. The Labute approximate surface area is 180 Å². The average molecular weight is 423 g/mol. The van der Waals surface area contributed by atoms with Crippen molar-refractivity contribution in [2.75, 3.05) is 17.2 Å². The van der Waals surface area contributed by atoms with E-state index in [1.165, 1.54) is 17.0 Å². The van der Waals surface area contributed by atoms with Crippen LogP contribution in [0, 0.1) is 0 Å². The van der Waals surface area contributed by atoms with Gasteiger partial charge in [-0.05, 0) is 50.6 Å². The lowest BCUT2D eigenvalue weighted by Gasteiger charge is -2.17. The molecule has 3 rings (SSSR count). The maximum Gasteiger partial charge on any atom is 0.340 e. The van der Waals surface area contributed by atoms with E-state index in [4.69, 9.17) is 4.74 Å². The highest BCUT2D eigenvalue weighted by Crippen LogP contribution is 2.27. The zero-order valence-electron chi connectivity index (χ0n) is 17.7. The molecule has 0 spiro atoms. The number of para-hydroxylation sites is 1. The third-order valence-electron chi connectivity index (χ3n) is 4.82. The quantitative estimate of drug-likeness (QED) is 0.393. The highest BCUT2D eigenvalue weighted by Gasteiger charge is 2.37. The molecule has 1 heterocycles. The fraction of sp³-hybridized carbons (Fsp3) is 0.304. The Morgan fingerprint density at radius 3 is 2.42 bits per heavy atom. The molecule has 0 radical (unpaired) electrons. The summed E-state index contributed by atoms with van der Waals surface area (Å²) in [5, 5.41) is 5.27. The number of carbonyl (C=O) groups is 4. The van der Waals surface area contributed by atoms with Gasteiger partial charge in [0.05, 0.1) is 29.0 Å². The van der Waals surface area contributed by atoms with Gasteiger partial charge >= 0.3 is 12.0 Å². The Balaban J connectivity index is 1.72. The van der Waals surface area contributed by atoms with Gasteiger partial charge in [0, 0.05) is 11.7 Å². The first-order valence-electron chi connectivity index (χ1n) is 10.2. The van der Waals surface area contributed by atoms with Crippen LogP contribution in [0.25, 0.3) is 0 Å². The molecule has 0 aliphatic carbocycles. The maximum atomic E-state index is 12.5. The van der Waals surface area contributed by atoms with E-state index in [0.717, 1.165) is 12.8 Å². The van der Waals surface area contributed by atoms with E-state index in [1.807, 2.05) is 6.92 Å². The van der Waals surface area contributed by atoms with Crippen molar-refractivity contribution < 1.29 is 23.9 Å². The number of imide groups is 1. The highest BCUT2D eigenvalue weighted by molar-refractivity contribution is 6.22. The predicted molar refractivity (Wildman–Crippen MR) is 116 cm³/mol. The Hall–Kier alpha value is -3.68. The van der Waals surface area contributed by atoms with E-state index in [9.17, 15) is 19.2 Å². The zero-order chi connectivity index (χ0) is 22.5. The van der Waals surface area contributed by atoms with Crippen molar-refractivity contribution in [2.24, 2.45) is 0 Å². The molecule has 2 N–H and O–H groups in total. The van der Waals surface area contributed by atoms with Gasteiger partial charge in [-0.25, -0.2) is 9.59 Å². The third kappa shape index (κ3) is 4.74. The topological polar surface area (TPSA) is 105 Å². The number of unbranched alkanes of at least 4 members (excludes halogenated alkanes) is 1. The zero-order valence-corrected chi connectivity index (χ0v) is 17.7. The van der Waals surface area contributed by atoms with E-state index in [0.29, 0.717) is 23.5 Å². The number of ether oxygens (including phenoxy) is 1. The second-order valence-electron chi connectivity index (χ2n) is 7.45. The molecule has 1 aliphatic rings. The van der Waals surface area contributed by atoms with Crippen LogP contribution in [0.3, 0.4) is 0 Å². The molecule has 31 heavy (non-hydrogen) atoms. The number of anilines is 2. The van der Waals surface area contributed by atoms with Gasteiger partial charge in [-0.3, -0.25) is 14.5 Å². The van der Waals surface area contributed by atoms with E-state index in [1.54, 1.807) is 44.2 Å². The van der Waals surface area contributed by atoms with Crippen LogP contribution in [-0.2, 0) is 4.74 Å². The molecular formula is C23H25N3O5. The number of hydrogen-bond acceptors (Lipinski definition) is 5. The van der Waals surface area contributed by atoms with Crippen LogP contribution in [0.4, 0.5) is 16.2 Å². The van der Waals surface area contributed by atoms with Gasteiger partial charge in [-0.1, -0.05) is 25.5 Å². The third-order valence-corrected chi connectivity index (χ3v) is 4.82. The molecule has 2 aromatic rings.